The van der Waals surface area contributed by atoms with Crippen LogP contribution in [0.4, 0.5) is 14.6 Å². The zero-order valence-corrected chi connectivity index (χ0v) is 13.7. The number of nitrogens with zero attached hydrogens (tertiary/aromatic N) is 4. The first-order valence-corrected chi connectivity index (χ1v) is 8.32. The molecule has 4 rings (SSSR count). The largest absolute Gasteiger partial charge is 0.367 e. The third kappa shape index (κ3) is 3.19. The Morgan fingerprint density at radius 1 is 1.12 bits per heavy atom. The van der Waals surface area contributed by atoms with Crippen LogP contribution in [0.3, 0.4) is 0 Å². The van der Waals surface area contributed by atoms with Crippen molar-refractivity contribution >= 4 is 17.4 Å². The van der Waals surface area contributed by atoms with Gasteiger partial charge in [0.05, 0.1) is 0 Å². The highest BCUT2D eigenvalue weighted by atomic mass is 19.1. The van der Waals surface area contributed by atoms with Crippen LogP contribution >= 0.6 is 0 Å². The summed E-state index contributed by atoms with van der Waals surface area (Å²) in [6.07, 6.45) is 2.19. The van der Waals surface area contributed by atoms with Gasteiger partial charge in [0, 0.05) is 19.0 Å². The summed E-state index contributed by atoms with van der Waals surface area (Å²) in [4.78, 5) is 11.9. The van der Waals surface area contributed by atoms with E-state index in [1.54, 1.807) is 10.6 Å². The average Bonchev–Trinajstić information content (AvgIpc) is 3.38. The molecule has 134 valence electrons. The second-order valence-corrected chi connectivity index (χ2v) is 6.10. The number of anilines is 1. The van der Waals surface area contributed by atoms with Crippen molar-refractivity contribution in [2.75, 3.05) is 18.4 Å². The number of carbonyl (C=O) groups is 1. The van der Waals surface area contributed by atoms with Crippen molar-refractivity contribution in [3.05, 3.63) is 53.4 Å². The summed E-state index contributed by atoms with van der Waals surface area (Å²) in [7, 11) is 0. The van der Waals surface area contributed by atoms with Crippen molar-refractivity contribution in [2.45, 2.75) is 18.8 Å². The van der Waals surface area contributed by atoms with E-state index in [0.29, 0.717) is 23.9 Å². The van der Waals surface area contributed by atoms with Crippen LogP contribution in [0.5, 0.6) is 0 Å². The Hall–Kier alpha value is -3.10. The molecule has 2 N–H and O–H groups in total. The highest BCUT2D eigenvalue weighted by molar-refractivity contribution is 5.94. The molecule has 0 bridgehead atoms. The van der Waals surface area contributed by atoms with E-state index >= 15 is 0 Å². The zero-order valence-electron chi connectivity index (χ0n) is 13.7. The van der Waals surface area contributed by atoms with E-state index < -0.39 is 23.1 Å². The van der Waals surface area contributed by atoms with Crippen molar-refractivity contribution in [1.29, 1.82) is 0 Å². The lowest BCUT2D eigenvalue weighted by molar-refractivity contribution is 0.0946. The molecule has 26 heavy (non-hydrogen) atoms. The fraction of sp³-hybridized carbons (Fsp3) is 0.294. The Morgan fingerprint density at radius 3 is 2.62 bits per heavy atom. The van der Waals surface area contributed by atoms with Gasteiger partial charge >= 0.3 is 0 Å². The fourth-order valence-corrected chi connectivity index (χ4v) is 2.67. The molecule has 3 aromatic rings. The van der Waals surface area contributed by atoms with E-state index in [9.17, 15) is 13.6 Å². The summed E-state index contributed by atoms with van der Waals surface area (Å²) in [5.41, 5.74) is 0.103. The van der Waals surface area contributed by atoms with Crippen molar-refractivity contribution in [3.63, 3.8) is 0 Å². The minimum Gasteiger partial charge on any atom is -0.367 e. The average molecular weight is 358 g/mol. The maximum Gasteiger partial charge on any atom is 0.257 e. The molecule has 1 aromatic carbocycles. The lowest BCUT2D eigenvalue weighted by Crippen LogP contribution is -2.30. The number of nitrogens with one attached hydrogen (secondary N) is 2. The molecule has 0 unspecified atom stereocenters. The highest BCUT2D eigenvalue weighted by Crippen LogP contribution is 2.38. The lowest BCUT2D eigenvalue weighted by atomic mass is 10.2. The molecule has 0 spiro atoms. The molecule has 1 aliphatic rings. The SMILES string of the molecule is O=C(NCCNc1ccc2nnc(C3CC3)n2n1)c1c(F)cccc1F. The number of aromatic nitrogens is 4. The molecule has 2 heterocycles. The smallest absolute Gasteiger partial charge is 0.257 e. The van der Waals surface area contributed by atoms with Gasteiger partial charge in [0.1, 0.15) is 23.0 Å². The summed E-state index contributed by atoms with van der Waals surface area (Å²) in [6.45, 7) is 0.533. The van der Waals surface area contributed by atoms with Crippen LogP contribution in [-0.2, 0) is 0 Å². The summed E-state index contributed by atoms with van der Waals surface area (Å²) in [5.74, 6) is -0.688. The molecule has 1 aliphatic carbocycles. The number of rotatable bonds is 6. The topological polar surface area (TPSA) is 84.2 Å². The molecule has 0 saturated heterocycles. The van der Waals surface area contributed by atoms with Gasteiger partial charge in [0.15, 0.2) is 11.5 Å². The van der Waals surface area contributed by atoms with Crippen LogP contribution in [-0.4, -0.2) is 38.8 Å². The molecule has 2 aromatic heterocycles. The summed E-state index contributed by atoms with van der Waals surface area (Å²) in [5, 5.41) is 18.2. The number of amides is 1. The maximum atomic E-state index is 13.6. The first-order chi connectivity index (χ1) is 12.6. The number of hydrogen-bond donors (Lipinski definition) is 2. The van der Waals surface area contributed by atoms with Gasteiger partial charge in [-0.1, -0.05) is 6.07 Å². The molecule has 0 radical (unpaired) electrons. The molecule has 1 saturated carbocycles. The Labute approximate surface area is 147 Å². The Bertz CT molecular complexity index is 949. The van der Waals surface area contributed by atoms with Gasteiger partial charge in [-0.3, -0.25) is 4.79 Å². The first kappa shape index (κ1) is 16.4. The number of carbonyl (C=O) groups excluding carboxylic acids is 1. The lowest BCUT2D eigenvalue weighted by Gasteiger charge is -2.09. The van der Waals surface area contributed by atoms with Gasteiger partial charge in [0.2, 0.25) is 0 Å². The third-order valence-electron chi connectivity index (χ3n) is 4.14. The van der Waals surface area contributed by atoms with Crippen molar-refractivity contribution < 1.29 is 13.6 Å². The van der Waals surface area contributed by atoms with Crippen molar-refractivity contribution in [3.8, 4) is 0 Å². The Kier molecular flexibility index (Phi) is 4.19. The second-order valence-electron chi connectivity index (χ2n) is 6.10. The molecule has 0 atom stereocenters. The third-order valence-corrected chi connectivity index (χ3v) is 4.14. The maximum absolute atomic E-state index is 13.6. The molecule has 9 heteroatoms. The Morgan fingerprint density at radius 2 is 1.88 bits per heavy atom. The van der Waals surface area contributed by atoms with Crippen LogP contribution in [0, 0.1) is 11.6 Å². The molecule has 1 amide bonds. The standard InChI is InChI=1S/C17H16F2N6O/c18-11-2-1-3-12(19)15(11)17(26)21-9-8-20-13-6-7-14-22-23-16(10-4-5-10)25(14)24-13/h1-3,6-7,10H,4-5,8-9H2,(H,20,24)(H,21,26). The number of halogens is 2. The van der Waals surface area contributed by atoms with E-state index in [2.05, 4.69) is 25.9 Å². The molecular formula is C17H16F2N6O. The number of benzene rings is 1. The highest BCUT2D eigenvalue weighted by Gasteiger charge is 2.29. The molecular weight excluding hydrogens is 342 g/mol. The van der Waals surface area contributed by atoms with E-state index in [4.69, 9.17) is 0 Å². The van der Waals surface area contributed by atoms with Gasteiger partial charge in [-0.2, -0.15) is 4.52 Å². The minimum atomic E-state index is -0.886. The number of fused-ring (bicyclic) bond motifs is 1. The van der Waals surface area contributed by atoms with Gasteiger partial charge in [-0.15, -0.1) is 15.3 Å². The van der Waals surface area contributed by atoms with Gasteiger partial charge < -0.3 is 10.6 Å². The van der Waals surface area contributed by atoms with Crippen molar-refractivity contribution in [2.24, 2.45) is 0 Å². The fourth-order valence-electron chi connectivity index (χ4n) is 2.67. The van der Waals surface area contributed by atoms with E-state index in [-0.39, 0.29) is 6.54 Å². The van der Waals surface area contributed by atoms with Crippen LogP contribution in [0.1, 0.15) is 34.9 Å². The van der Waals surface area contributed by atoms with Gasteiger partial charge in [-0.05, 0) is 37.1 Å². The minimum absolute atomic E-state index is 0.185. The first-order valence-electron chi connectivity index (χ1n) is 8.32. The summed E-state index contributed by atoms with van der Waals surface area (Å²) in [6, 6.07) is 6.88. The summed E-state index contributed by atoms with van der Waals surface area (Å²) >= 11 is 0. The monoisotopic (exact) mass is 358 g/mol. The second kappa shape index (κ2) is 6.66. The van der Waals surface area contributed by atoms with E-state index in [1.165, 1.54) is 6.07 Å². The quantitative estimate of drug-likeness (QED) is 0.660. The molecule has 7 nitrogen and oxygen atoms in total. The van der Waals surface area contributed by atoms with Crippen LogP contribution in [0.15, 0.2) is 30.3 Å². The van der Waals surface area contributed by atoms with E-state index in [1.807, 2.05) is 6.07 Å². The number of hydrogen-bond acceptors (Lipinski definition) is 5. The van der Waals surface area contributed by atoms with Gasteiger partial charge in [0.25, 0.3) is 5.91 Å². The zero-order chi connectivity index (χ0) is 18.1. The molecule has 0 aliphatic heterocycles. The van der Waals surface area contributed by atoms with Crippen molar-refractivity contribution in [1.82, 2.24) is 25.1 Å². The summed E-state index contributed by atoms with van der Waals surface area (Å²) < 4.78 is 28.8. The predicted molar refractivity (Wildman–Crippen MR) is 89.9 cm³/mol. The van der Waals surface area contributed by atoms with Crippen LogP contribution in [0.25, 0.3) is 5.65 Å². The van der Waals surface area contributed by atoms with Crippen LogP contribution < -0.4 is 10.6 Å². The molecule has 1 fully saturated rings. The van der Waals surface area contributed by atoms with Crippen LogP contribution in [0.2, 0.25) is 0 Å². The Balaban J connectivity index is 1.35. The predicted octanol–water partition coefficient (Wildman–Crippen LogP) is 2.12. The normalized spacial score (nSPS) is 13.8. The van der Waals surface area contributed by atoms with Gasteiger partial charge in [-0.25, -0.2) is 8.78 Å². The van der Waals surface area contributed by atoms with E-state index in [0.717, 1.165) is 30.8 Å².